The topological polar surface area (TPSA) is 52.3 Å². The summed E-state index contributed by atoms with van der Waals surface area (Å²) >= 11 is 0. The molecule has 0 saturated carbocycles. The van der Waals surface area contributed by atoms with Gasteiger partial charge in [0.15, 0.2) is 0 Å². The SMILES string of the molecule is C#CCCC(N)C(=O)OC(C)(C)C. The highest BCUT2D eigenvalue weighted by atomic mass is 16.6. The molecule has 0 aliphatic heterocycles. The molecule has 0 heterocycles. The van der Waals surface area contributed by atoms with Crippen molar-refractivity contribution in [3.8, 4) is 12.3 Å². The molecule has 0 saturated heterocycles. The van der Waals surface area contributed by atoms with Crippen LogP contribution in [-0.4, -0.2) is 17.6 Å². The molecule has 2 N–H and O–H groups in total. The smallest absolute Gasteiger partial charge is 0.323 e. The minimum absolute atomic E-state index is 0.386. The summed E-state index contributed by atoms with van der Waals surface area (Å²) in [6.45, 7) is 5.41. The Morgan fingerprint density at radius 1 is 1.62 bits per heavy atom. The van der Waals surface area contributed by atoms with Crippen molar-refractivity contribution in [2.24, 2.45) is 5.73 Å². The van der Waals surface area contributed by atoms with Crippen molar-refractivity contribution in [1.82, 2.24) is 0 Å². The lowest BCUT2D eigenvalue weighted by molar-refractivity contribution is -0.156. The molecule has 0 aliphatic carbocycles. The van der Waals surface area contributed by atoms with Crippen molar-refractivity contribution >= 4 is 5.97 Å². The van der Waals surface area contributed by atoms with Crippen molar-refractivity contribution in [2.75, 3.05) is 0 Å². The van der Waals surface area contributed by atoms with E-state index in [0.717, 1.165) is 0 Å². The zero-order valence-electron chi connectivity index (χ0n) is 8.46. The van der Waals surface area contributed by atoms with Crippen LogP contribution in [0.25, 0.3) is 0 Å². The highest BCUT2D eigenvalue weighted by Gasteiger charge is 2.21. The molecule has 1 unspecified atom stereocenters. The fourth-order valence-electron chi connectivity index (χ4n) is 0.734. The third-order valence-electron chi connectivity index (χ3n) is 1.31. The molecule has 0 aliphatic rings. The van der Waals surface area contributed by atoms with E-state index < -0.39 is 11.6 Å². The first-order valence-corrected chi connectivity index (χ1v) is 4.28. The minimum atomic E-state index is -0.602. The number of hydrogen-bond acceptors (Lipinski definition) is 3. The third-order valence-corrected chi connectivity index (χ3v) is 1.31. The van der Waals surface area contributed by atoms with Gasteiger partial charge in [-0.2, -0.15) is 0 Å². The van der Waals surface area contributed by atoms with Crippen molar-refractivity contribution < 1.29 is 9.53 Å². The summed E-state index contributed by atoms with van der Waals surface area (Å²) < 4.78 is 5.06. The molecular weight excluding hydrogens is 166 g/mol. The van der Waals surface area contributed by atoms with Crippen LogP contribution < -0.4 is 5.73 Å². The standard InChI is InChI=1S/C10H17NO2/c1-5-6-7-8(11)9(12)13-10(2,3)4/h1,8H,6-7,11H2,2-4H3. The molecule has 0 aromatic heterocycles. The van der Waals surface area contributed by atoms with Gasteiger partial charge in [0.25, 0.3) is 0 Å². The normalized spacial score (nSPS) is 13.2. The van der Waals surface area contributed by atoms with Crippen molar-refractivity contribution in [3.05, 3.63) is 0 Å². The lowest BCUT2D eigenvalue weighted by atomic mass is 10.1. The molecule has 0 rings (SSSR count). The fourth-order valence-corrected chi connectivity index (χ4v) is 0.734. The van der Waals surface area contributed by atoms with Gasteiger partial charge in [0.1, 0.15) is 11.6 Å². The lowest BCUT2D eigenvalue weighted by Gasteiger charge is -2.21. The fraction of sp³-hybridized carbons (Fsp3) is 0.700. The zero-order valence-corrected chi connectivity index (χ0v) is 8.46. The van der Waals surface area contributed by atoms with Crippen LogP contribution in [0.15, 0.2) is 0 Å². The summed E-state index contributed by atoms with van der Waals surface area (Å²) in [5.74, 6) is 2.04. The van der Waals surface area contributed by atoms with Gasteiger partial charge in [-0.05, 0) is 27.2 Å². The van der Waals surface area contributed by atoms with Crippen LogP contribution >= 0.6 is 0 Å². The van der Waals surface area contributed by atoms with E-state index in [-0.39, 0.29) is 5.97 Å². The Morgan fingerprint density at radius 2 is 2.15 bits per heavy atom. The summed E-state index contributed by atoms with van der Waals surface area (Å²) in [7, 11) is 0. The van der Waals surface area contributed by atoms with Crippen LogP contribution in [0, 0.1) is 12.3 Å². The van der Waals surface area contributed by atoms with Gasteiger partial charge in [-0.15, -0.1) is 12.3 Å². The summed E-state index contributed by atoms with van der Waals surface area (Å²) in [6.07, 6.45) is 6.02. The number of rotatable bonds is 3. The predicted octanol–water partition coefficient (Wildman–Crippen LogP) is 1.07. The Balaban J connectivity index is 3.91. The van der Waals surface area contributed by atoms with E-state index in [4.69, 9.17) is 16.9 Å². The quantitative estimate of drug-likeness (QED) is 0.526. The second kappa shape index (κ2) is 4.88. The molecule has 1 atom stereocenters. The Morgan fingerprint density at radius 3 is 2.54 bits per heavy atom. The first-order valence-electron chi connectivity index (χ1n) is 4.28. The van der Waals surface area contributed by atoms with Crippen LogP contribution in [0.2, 0.25) is 0 Å². The second-order valence-electron chi connectivity index (χ2n) is 3.88. The van der Waals surface area contributed by atoms with E-state index in [1.165, 1.54) is 0 Å². The van der Waals surface area contributed by atoms with Gasteiger partial charge < -0.3 is 10.5 Å². The molecule has 74 valence electrons. The Labute approximate surface area is 79.6 Å². The van der Waals surface area contributed by atoms with Crippen LogP contribution in [0.1, 0.15) is 33.6 Å². The van der Waals surface area contributed by atoms with E-state index in [2.05, 4.69) is 5.92 Å². The number of esters is 1. The molecule has 0 bridgehead atoms. The Kier molecular flexibility index (Phi) is 4.50. The first-order chi connectivity index (χ1) is 5.87. The highest BCUT2D eigenvalue weighted by Crippen LogP contribution is 2.09. The van der Waals surface area contributed by atoms with Gasteiger partial charge in [0.2, 0.25) is 0 Å². The van der Waals surface area contributed by atoms with Gasteiger partial charge in [-0.3, -0.25) is 4.79 Å². The molecule has 0 amide bonds. The summed E-state index contributed by atoms with van der Waals surface area (Å²) in [5.41, 5.74) is 5.06. The molecule has 0 aromatic rings. The van der Waals surface area contributed by atoms with E-state index in [0.29, 0.717) is 12.8 Å². The van der Waals surface area contributed by atoms with E-state index in [1.54, 1.807) is 20.8 Å². The number of carbonyl (C=O) groups excluding carboxylic acids is 1. The van der Waals surface area contributed by atoms with Gasteiger partial charge in [0.05, 0.1) is 0 Å². The molecular formula is C10H17NO2. The summed E-state index contributed by atoms with van der Waals surface area (Å²) in [4.78, 5) is 11.2. The summed E-state index contributed by atoms with van der Waals surface area (Å²) in [5, 5.41) is 0. The molecule has 0 radical (unpaired) electrons. The molecule has 0 spiro atoms. The van der Waals surface area contributed by atoms with Crippen LogP contribution in [0.3, 0.4) is 0 Å². The molecule has 3 heteroatoms. The number of terminal acetylenes is 1. The largest absolute Gasteiger partial charge is 0.459 e. The monoisotopic (exact) mass is 183 g/mol. The summed E-state index contributed by atoms with van der Waals surface area (Å²) in [6, 6.07) is -0.602. The zero-order chi connectivity index (χ0) is 10.5. The Hall–Kier alpha value is -1.01. The first kappa shape index (κ1) is 12.0. The maximum atomic E-state index is 11.2. The second-order valence-corrected chi connectivity index (χ2v) is 3.88. The molecule has 0 fully saturated rings. The van der Waals surface area contributed by atoms with Crippen molar-refractivity contribution in [1.29, 1.82) is 0 Å². The van der Waals surface area contributed by atoms with Crippen LogP contribution in [-0.2, 0) is 9.53 Å². The lowest BCUT2D eigenvalue weighted by Crippen LogP contribution is -2.37. The molecule has 3 nitrogen and oxygen atoms in total. The number of hydrogen-bond donors (Lipinski definition) is 1. The van der Waals surface area contributed by atoms with Gasteiger partial charge in [-0.25, -0.2) is 0 Å². The number of nitrogens with two attached hydrogens (primary N) is 1. The Bertz CT molecular complexity index is 210. The average molecular weight is 183 g/mol. The molecule has 0 aromatic carbocycles. The maximum absolute atomic E-state index is 11.2. The predicted molar refractivity (Wildman–Crippen MR) is 51.9 cm³/mol. The third kappa shape index (κ3) is 6.18. The van der Waals surface area contributed by atoms with Gasteiger partial charge >= 0.3 is 5.97 Å². The number of carbonyl (C=O) groups is 1. The van der Waals surface area contributed by atoms with E-state index in [9.17, 15) is 4.79 Å². The van der Waals surface area contributed by atoms with Crippen molar-refractivity contribution in [3.63, 3.8) is 0 Å². The van der Waals surface area contributed by atoms with E-state index >= 15 is 0 Å². The van der Waals surface area contributed by atoms with Crippen LogP contribution in [0.4, 0.5) is 0 Å². The highest BCUT2D eigenvalue weighted by molar-refractivity contribution is 5.75. The van der Waals surface area contributed by atoms with Gasteiger partial charge in [0, 0.05) is 6.42 Å². The van der Waals surface area contributed by atoms with Crippen molar-refractivity contribution in [2.45, 2.75) is 45.3 Å². The average Bonchev–Trinajstić information content (AvgIpc) is 1.96. The molecule has 13 heavy (non-hydrogen) atoms. The number of ether oxygens (including phenoxy) is 1. The van der Waals surface area contributed by atoms with E-state index in [1.807, 2.05) is 0 Å². The minimum Gasteiger partial charge on any atom is -0.459 e. The maximum Gasteiger partial charge on any atom is 0.323 e. The van der Waals surface area contributed by atoms with Crippen LogP contribution in [0.5, 0.6) is 0 Å². The van der Waals surface area contributed by atoms with Gasteiger partial charge in [-0.1, -0.05) is 0 Å².